The average molecular weight is 345 g/mol. The number of nitro groups is 1. The van der Waals surface area contributed by atoms with E-state index in [9.17, 15) is 14.9 Å². The lowest BCUT2D eigenvalue weighted by atomic mass is 9.92. The normalized spacial score (nSPS) is 16.3. The summed E-state index contributed by atoms with van der Waals surface area (Å²) < 4.78 is 6.30. The Morgan fingerprint density at radius 1 is 1.60 bits per heavy atom. The molecule has 7 nitrogen and oxygen atoms in total. The summed E-state index contributed by atoms with van der Waals surface area (Å²) in [5, 5.41) is 23.0. The lowest BCUT2D eigenvalue weighted by Gasteiger charge is -2.41. The Morgan fingerprint density at radius 3 is 2.70 bits per heavy atom. The number of benzene rings is 1. The summed E-state index contributed by atoms with van der Waals surface area (Å²) in [7, 11) is 0. The highest BCUT2D eigenvalue weighted by molar-refractivity contribution is 9.10. The summed E-state index contributed by atoms with van der Waals surface area (Å²) in [5.41, 5.74) is -0.508. The monoisotopic (exact) mass is 344 g/mol. The molecule has 1 fully saturated rings. The minimum atomic E-state index is -0.996. The van der Waals surface area contributed by atoms with E-state index < -0.39 is 16.5 Å². The number of nitrogens with zero attached hydrogens (tertiary/aromatic N) is 1. The van der Waals surface area contributed by atoms with Crippen molar-refractivity contribution in [3.05, 3.63) is 32.3 Å². The van der Waals surface area contributed by atoms with E-state index in [1.54, 1.807) is 13.0 Å². The molecule has 2 N–H and O–H groups in total. The van der Waals surface area contributed by atoms with Crippen molar-refractivity contribution in [2.45, 2.75) is 18.9 Å². The van der Waals surface area contributed by atoms with Crippen LogP contribution in [-0.2, 0) is 4.79 Å². The van der Waals surface area contributed by atoms with E-state index in [-0.39, 0.29) is 17.9 Å². The molecule has 0 saturated carbocycles. The van der Waals surface area contributed by atoms with Gasteiger partial charge in [0.2, 0.25) is 5.75 Å². The van der Waals surface area contributed by atoms with Crippen molar-refractivity contribution in [1.82, 2.24) is 5.32 Å². The van der Waals surface area contributed by atoms with Crippen LogP contribution in [0.2, 0.25) is 0 Å². The van der Waals surface area contributed by atoms with E-state index in [2.05, 4.69) is 21.2 Å². The van der Waals surface area contributed by atoms with Gasteiger partial charge in [0.15, 0.2) is 0 Å². The molecule has 108 valence electrons. The van der Waals surface area contributed by atoms with Gasteiger partial charge < -0.3 is 15.2 Å². The van der Waals surface area contributed by atoms with Gasteiger partial charge in [-0.25, -0.2) is 0 Å². The minimum absolute atomic E-state index is 0.126. The van der Waals surface area contributed by atoms with Gasteiger partial charge in [-0.05, 0) is 18.6 Å². The summed E-state index contributed by atoms with van der Waals surface area (Å²) in [6, 6.07) is 3.05. The van der Waals surface area contributed by atoms with Gasteiger partial charge in [-0.1, -0.05) is 15.9 Å². The summed E-state index contributed by atoms with van der Waals surface area (Å²) >= 11 is 3.20. The Labute approximate surface area is 123 Å². The molecule has 0 aromatic heterocycles. The van der Waals surface area contributed by atoms with Crippen LogP contribution in [0.3, 0.4) is 0 Å². The molecule has 20 heavy (non-hydrogen) atoms. The zero-order valence-corrected chi connectivity index (χ0v) is 12.3. The Bertz CT molecular complexity index is 571. The number of hydrogen-bond donors (Lipinski definition) is 2. The number of rotatable bonds is 5. The zero-order valence-electron chi connectivity index (χ0n) is 10.7. The minimum Gasteiger partial charge on any atom is -0.481 e. The van der Waals surface area contributed by atoms with E-state index >= 15 is 0 Å². The Balaban J connectivity index is 2.37. The molecular weight excluding hydrogens is 332 g/mol. The maximum atomic E-state index is 11.1. The van der Waals surface area contributed by atoms with Crippen molar-refractivity contribution in [1.29, 1.82) is 0 Å². The average Bonchev–Trinajstić information content (AvgIpc) is 2.28. The van der Waals surface area contributed by atoms with Crippen LogP contribution in [0.4, 0.5) is 5.69 Å². The third-order valence-electron chi connectivity index (χ3n) is 3.10. The SMILES string of the molecule is Cc1cc(Br)cc([N+](=O)[O-])c1OC1(CC(=O)O)CNC1. The number of nitrogens with one attached hydrogen (secondary N) is 1. The van der Waals surface area contributed by atoms with Crippen molar-refractivity contribution >= 4 is 27.6 Å². The van der Waals surface area contributed by atoms with Crippen LogP contribution < -0.4 is 10.1 Å². The zero-order chi connectivity index (χ0) is 14.9. The van der Waals surface area contributed by atoms with Gasteiger partial charge in [0, 0.05) is 23.6 Å². The first-order chi connectivity index (χ1) is 9.33. The Morgan fingerprint density at radius 2 is 2.25 bits per heavy atom. The number of halogens is 1. The summed E-state index contributed by atoms with van der Waals surface area (Å²) in [5.74, 6) is -0.870. The van der Waals surface area contributed by atoms with E-state index in [1.165, 1.54) is 6.07 Å². The number of hydrogen-bond acceptors (Lipinski definition) is 5. The number of aliphatic carboxylic acids is 1. The maximum absolute atomic E-state index is 11.1. The number of carboxylic acids is 1. The van der Waals surface area contributed by atoms with Crippen LogP contribution in [-0.4, -0.2) is 34.7 Å². The molecule has 0 bridgehead atoms. The summed E-state index contributed by atoms with van der Waals surface area (Å²) in [6.45, 7) is 2.39. The van der Waals surface area contributed by atoms with Crippen LogP contribution >= 0.6 is 15.9 Å². The highest BCUT2D eigenvalue weighted by Crippen LogP contribution is 2.38. The highest BCUT2D eigenvalue weighted by Gasteiger charge is 2.43. The fourth-order valence-corrected chi connectivity index (χ4v) is 2.67. The predicted molar refractivity (Wildman–Crippen MR) is 74.0 cm³/mol. The van der Waals surface area contributed by atoms with Crippen LogP contribution in [0.15, 0.2) is 16.6 Å². The fourth-order valence-electron chi connectivity index (χ4n) is 2.11. The molecule has 0 aliphatic carbocycles. The summed E-state index contributed by atoms with van der Waals surface area (Å²) in [4.78, 5) is 21.5. The number of nitro benzene ring substituents is 1. The second-order valence-electron chi connectivity index (χ2n) is 4.79. The maximum Gasteiger partial charge on any atom is 0.312 e. The quantitative estimate of drug-likeness (QED) is 0.624. The van der Waals surface area contributed by atoms with Gasteiger partial charge in [0.1, 0.15) is 5.60 Å². The molecule has 2 rings (SSSR count). The molecule has 1 saturated heterocycles. The summed E-state index contributed by atoms with van der Waals surface area (Å²) in [6.07, 6.45) is -0.202. The molecule has 0 amide bonds. The van der Waals surface area contributed by atoms with E-state index in [0.717, 1.165) is 0 Å². The second kappa shape index (κ2) is 5.37. The van der Waals surface area contributed by atoms with Gasteiger partial charge in [0.05, 0.1) is 11.3 Å². The molecule has 0 atom stereocenters. The van der Waals surface area contributed by atoms with Crippen LogP contribution in [0.1, 0.15) is 12.0 Å². The first kappa shape index (κ1) is 14.7. The van der Waals surface area contributed by atoms with Gasteiger partial charge in [-0.15, -0.1) is 0 Å². The third kappa shape index (κ3) is 2.91. The highest BCUT2D eigenvalue weighted by atomic mass is 79.9. The van der Waals surface area contributed by atoms with Gasteiger partial charge in [-0.3, -0.25) is 14.9 Å². The Kier molecular flexibility index (Phi) is 3.96. The van der Waals surface area contributed by atoms with Crippen LogP contribution in [0, 0.1) is 17.0 Å². The van der Waals surface area contributed by atoms with Crippen molar-refractivity contribution < 1.29 is 19.6 Å². The van der Waals surface area contributed by atoms with Crippen LogP contribution in [0.5, 0.6) is 5.75 Å². The van der Waals surface area contributed by atoms with Gasteiger partial charge in [0.25, 0.3) is 0 Å². The van der Waals surface area contributed by atoms with Crippen LogP contribution in [0.25, 0.3) is 0 Å². The first-order valence-corrected chi connectivity index (χ1v) is 6.68. The van der Waals surface area contributed by atoms with E-state index in [4.69, 9.17) is 9.84 Å². The number of ether oxygens (including phenoxy) is 1. The van der Waals surface area contributed by atoms with Gasteiger partial charge in [-0.2, -0.15) is 0 Å². The number of carbonyl (C=O) groups is 1. The second-order valence-corrected chi connectivity index (χ2v) is 5.70. The molecule has 1 aliphatic heterocycles. The predicted octanol–water partition coefficient (Wildman–Crippen LogP) is 1.86. The van der Waals surface area contributed by atoms with Crippen molar-refractivity contribution in [3.8, 4) is 5.75 Å². The lowest BCUT2D eigenvalue weighted by Crippen LogP contribution is -2.64. The standard InChI is InChI=1S/C12H13BrN2O5/c1-7-2-8(13)3-9(15(18)19)11(7)20-12(4-10(16)17)5-14-6-12/h2-3,14H,4-6H2,1H3,(H,16,17). The molecule has 0 spiro atoms. The van der Waals surface area contributed by atoms with Gasteiger partial charge >= 0.3 is 11.7 Å². The van der Waals surface area contributed by atoms with E-state index in [0.29, 0.717) is 23.1 Å². The Hall–Kier alpha value is -1.67. The van der Waals surface area contributed by atoms with E-state index in [1.807, 2.05) is 0 Å². The molecule has 1 aromatic carbocycles. The van der Waals surface area contributed by atoms with Crippen molar-refractivity contribution in [3.63, 3.8) is 0 Å². The molecule has 1 heterocycles. The lowest BCUT2D eigenvalue weighted by molar-refractivity contribution is -0.386. The molecular formula is C12H13BrN2O5. The molecule has 1 aliphatic rings. The fraction of sp³-hybridized carbons (Fsp3) is 0.417. The number of aryl methyl sites for hydroxylation is 1. The largest absolute Gasteiger partial charge is 0.481 e. The smallest absolute Gasteiger partial charge is 0.312 e. The third-order valence-corrected chi connectivity index (χ3v) is 3.56. The molecule has 8 heteroatoms. The van der Waals surface area contributed by atoms with Crippen molar-refractivity contribution in [2.75, 3.05) is 13.1 Å². The number of carboxylic acid groups (broad SMARTS) is 1. The molecule has 1 aromatic rings. The van der Waals surface area contributed by atoms with Crippen molar-refractivity contribution in [2.24, 2.45) is 0 Å². The first-order valence-electron chi connectivity index (χ1n) is 5.89. The molecule has 0 radical (unpaired) electrons. The molecule has 0 unspecified atom stereocenters. The topological polar surface area (TPSA) is 102 Å².